The molecule has 0 fully saturated rings. The van der Waals surface area contributed by atoms with Gasteiger partial charge in [0, 0.05) is 10.6 Å². The average Bonchev–Trinajstić information content (AvgIpc) is 3.05. The molecule has 3 N–H and O–H groups in total. The van der Waals surface area contributed by atoms with Gasteiger partial charge in [0.2, 0.25) is 0 Å². The van der Waals surface area contributed by atoms with Crippen molar-refractivity contribution < 1.29 is 0 Å². The van der Waals surface area contributed by atoms with Crippen molar-refractivity contribution in [2.75, 3.05) is 0 Å². The quantitative estimate of drug-likeness (QED) is 0.427. The molecule has 0 amide bonds. The fraction of sp³-hybridized carbons (Fsp3) is 0. The topological polar surface area (TPSA) is 81.1 Å². The Morgan fingerprint density at radius 2 is 1.88 bits per heavy atom. The zero-order valence-electron chi connectivity index (χ0n) is 12.4. The van der Waals surface area contributed by atoms with Crippen LogP contribution in [0.25, 0.3) is 16.9 Å². The first kappa shape index (κ1) is 16.1. The van der Waals surface area contributed by atoms with Gasteiger partial charge in [0.25, 0.3) is 0 Å². The molecule has 3 rings (SSSR count). The second-order valence-electron chi connectivity index (χ2n) is 4.86. The van der Waals surface area contributed by atoms with Crippen LogP contribution < -0.4 is 11.2 Å². The number of aromatic nitrogens is 3. The van der Waals surface area contributed by atoms with Crippen LogP contribution in [0, 0.1) is 0 Å². The van der Waals surface area contributed by atoms with E-state index in [2.05, 4.69) is 33.1 Å². The molecule has 3 aromatic rings. The number of nitrogens with two attached hydrogens (primary N) is 1. The Hall–Kier alpha value is -2.77. The average molecular weight is 357 g/mol. The second-order valence-corrected chi connectivity index (χ2v) is 5.74. The number of nitrogens with one attached hydrogen (secondary N) is 1. The summed E-state index contributed by atoms with van der Waals surface area (Å²) in [7, 11) is 0. The van der Waals surface area contributed by atoms with E-state index in [9.17, 15) is 0 Å². The predicted octanol–water partition coefficient (Wildman–Crippen LogP) is 2.75. The standard InChI is InChI=1S/C16H13ClN6S/c17-13-5-3-12(4-6-13)15-10-20-22-23(15)14-7-1-11(2-8-14)9-19-21-16(18)24/h1-10H,(H3,18,21,24)/b19-9+. The fourth-order valence-electron chi connectivity index (χ4n) is 2.12. The molecule has 0 saturated carbocycles. The molecule has 0 radical (unpaired) electrons. The first-order chi connectivity index (χ1) is 11.6. The van der Waals surface area contributed by atoms with Gasteiger partial charge in [0.05, 0.1) is 23.8 Å². The van der Waals surface area contributed by atoms with Gasteiger partial charge in [0.1, 0.15) is 0 Å². The van der Waals surface area contributed by atoms with E-state index in [1.54, 1.807) is 17.1 Å². The van der Waals surface area contributed by atoms with Crippen LogP contribution >= 0.6 is 23.8 Å². The summed E-state index contributed by atoms with van der Waals surface area (Å²) < 4.78 is 1.76. The van der Waals surface area contributed by atoms with Crippen LogP contribution in [-0.2, 0) is 0 Å². The van der Waals surface area contributed by atoms with Crippen LogP contribution in [0.3, 0.4) is 0 Å². The van der Waals surface area contributed by atoms with Crippen molar-refractivity contribution in [2.24, 2.45) is 10.8 Å². The van der Waals surface area contributed by atoms with Crippen LogP contribution in [0.5, 0.6) is 0 Å². The Kier molecular flexibility index (Phi) is 4.83. The highest BCUT2D eigenvalue weighted by Crippen LogP contribution is 2.23. The number of halogens is 1. The third-order valence-electron chi connectivity index (χ3n) is 3.22. The van der Waals surface area contributed by atoms with Crippen LogP contribution in [-0.4, -0.2) is 26.3 Å². The first-order valence-electron chi connectivity index (χ1n) is 6.99. The third kappa shape index (κ3) is 3.76. The molecular formula is C16H13ClN6S. The van der Waals surface area contributed by atoms with Gasteiger partial charge in [-0.2, -0.15) is 5.10 Å². The Labute approximate surface area is 148 Å². The summed E-state index contributed by atoms with van der Waals surface area (Å²) in [6.07, 6.45) is 3.34. The number of rotatable bonds is 4. The maximum atomic E-state index is 5.94. The molecule has 8 heteroatoms. The van der Waals surface area contributed by atoms with Gasteiger partial charge >= 0.3 is 0 Å². The molecule has 1 aromatic heterocycles. The van der Waals surface area contributed by atoms with Crippen LogP contribution in [0.2, 0.25) is 5.02 Å². The van der Waals surface area contributed by atoms with Gasteiger partial charge in [-0.25, -0.2) is 4.68 Å². The van der Waals surface area contributed by atoms with Crippen LogP contribution in [0.1, 0.15) is 5.56 Å². The summed E-state index contributed by atoms with van der Waals surface area (Å²) in [6.45, 7) is 0. The van der Waals surface area contributed by atoms with E-state index < -0.39 is 0 Å². The summed E-state index contributed by atoms with van der Waals surface area (Å²) in [6, 6.07) is 15.2. The van der Waals surface area contributed by atoms with Gasteiger partial charge in [-0.3, -0.25) is 5.43 Å². The number of benzene rings is 2. The van der Waals surface area contributed by atoms with E-state index in [4.69, 9.17) is 17.3 Å². The molecule has 0 atom stereocenters. The van der Waals surface area contributed by atoms with Gasteiger partial charge in [-0.05, 0) is 42.0 Å². The van der Waals surface area contributed by atoms with E-state index in [0.717, 1.165) is 22.5 Å². The lowest BCUT2D eigenvalue weighted by atomic mass is 10.1. The normalized spacial score (nSPS) is 10.9. The molecule has 0 bridgehead atoms. The van der Waals surface area contributed by atoms with Gasteiger partial charge in [-0.15, -0.1) is 5.10 Å². The Balaban J connectivity index is 1.85. The van der Waals surface area contributed by atoms with Crippen molar-refractivity contribution >= 4 is 35.1 Å². The largest absolute Gasteiger partial charge is 0.375 e. The molecule has 0 spiro atoms. The maximum Gasteiger partial charge on any atom is 0.184 e. The summed E-state index contributed by atoms with van der Waals surface area (Å²) in [5, 5.41) is 12.9. The smallest absolute Gasteiger partial charge is 0.184 e. The van der Waals surface area contributed by atoms with Crippen LogP contribution in [0.4, 0.5) is 0 Å². The zero-order valence-corrected chi connectivity index (χ0v) is 14.0. The lowest BCUT2D eigenvalue weighted by molar-refractivity contribution is 0.808. The molecule has 0 aliphatic heterocycles. The van der Waals surface area contributed by atoms with Crippen molar-refractivity contribution in [3.8, 4) is 16.9 Å². The number of hydrogen-bond acceptors (Lipinski definition) is 4. The van der Waals surface area contributed by atoms with Crippen molar-refractivity contribution in [3.63, 3.8) is 0 Å². The fourth-order valence-corrected chi connectivity index (χ4v) is 2.29. The second kappa shape index (κ2) is 7.20. The lowest BCUT2D eigenvalue weighted by Crippen LogP contribution is -2.23. The van der Waals surface area contributed by atoms with E-state index in [1.807, 2.05) is 48.5 Å². The molecule has 2 aromatic carbocycles. The minimum absolute atomic E-state index is 0.123. The lowest BCUT2D eigenvalue weighted by Gasteiger charge is -2.07. The molecule has 6 nitrogen and oxygen atoms in total. The minimum Gasteiger partial charge on any atom is -0.375 e. The molecule has 120 valence electrons. The monoisotopic (exact) mass is 356 g/mol. The van der Waals surface area contributed by atoms with Gasteiger partial charge in [-0.1, -0.05) is 41.1 Å². The van der Waals surface area contributed by atoms with E-state index in [-0.39, 0.29) is 5.11 Å². The highest BCUT2D eigenvalue weighted by atomic mass is 35.5. The summed E-state index contributed by atoms with van der Waals surface area (Å²) in [5.74, 6) is 0. The number of thiocarbonyl (C=S) groups is 1. The Morgan fingerprint density at radius 3 is 2.54 bits per heavy atom. The SMILES string of the molecule is NC(=S)N/N=C/c1ccc(-n2nncc2-c2ccc(Cl)cc2)cc1. The third-order valence-corrected chi connectivity index (χ3v) is 3.56. The van der Waals surface area contributed by atoms with Crippen LogP contribution in [0.15, 0.2) is 59.8 Å². The van der Waals surface area contributed by atoms with Crippen molar-refractivity contribution in [1.29, 1.82) is 0 Å². The predicted molar refractivity (Wildman–Crippen MR) is 99.3 cm³/mol. The summed E-state index contributed by atoms with van der Waals surface area (Å²) >= 11 is 10.6. The Morgan fingerprint density at radius 1 is 1.17 bits per heavy atom. The summed E-state index contributed by atoms with van der Waals surface area (Å²) in [5.41, 5.74) is 11.5. The van der Waals surface area contributed by atoms with Crippen molar-refractivity contribution in [2.45, 2.75) is 0 Å². The Bertz CT molecular complexity index is 870. The minimum atomic E-state index is 0.123. The van der Waals surface area contributed by atoms with E-state index >= 15 is 0 Å². The maximum absolute atomic E-state index is 5.94. The molecule has 0 aliphatic rings. The zero-order chi connectivity index (χ0) is 16.9. The molecule has 0 aliphatic carbocycles. The molecule has 1 heterocycles. The van der Waals surface area contributed by atoms with E-state index in [0.29, 0.717) is 5.02 Å². The molecule has 0 unspecified atom stereocenters. The van der Waals surface area contributed by atoms with Crippen molar-refractivity contribution in [1.82, 2.24) is 20.4 Å². The van der Waals surface area contributed by atoms with Crippen molar-refractivity contribution in [3.05, 3.63) is 65.3 Å². The van der Waals surface area contributed by atoms with Gasteiger partial charge in [0.15, 0.2) is 5.11 Å². The van der Waals surface area contributed by atoms with Gasteiger partial charge < -0.3 is 5.73 Å². The molecule has 0 saturated heterocycles. The number of hydrazone groups is 1. The van der Waals surface area contributed by atoms with E-state index in [1.165, 1.54) is 0 Å². The first-order valence-corrected chi connectivity index (χ1v) is 7.78. The number of nitrogens with zero attached hydrogens (tertiary/aromatic N) is 4. The highest BCUT2D eigenvalue weighted by Gasteiger charge is 2.08. The number of hydrogen-bond donors (Lipinski definition) is 2. The molecule has 24 heavy (non-hydrogen) atoms. The molecular weight excluding hydrogens is 344 g/mol. The summed E-state index contributed by atoms with van der Waals surface area (Å²) in [4.78, 5) is 0. The highest BCUT2D eigenvalue weighted by molar-refractivity contribution is 7.80.